The Hall–Kier alpha value is -4.27. The number of aromatic nitrogens is 1. The number of halogens is 1. The quantitative estimate of drug-likeness (QED) is 0.225. The number of pyridine rings is 1. The van der Waals surface area contributed by atoms with Crippen LogP contribution in [0.15, 0.2) is 85.1 Å². The number of hydrogen-bond acceptors (Lipinski definition) is 5. The maximum absolute atomic E-state index is 16.0. The molecule has 212 valence electrons. The summed E-state index contributed by atoms with van der Waals surface area (Å²) in [6, 6.07) is 23.4. The molecule has 0 bridgehead atoms. The van der Waals surface area contributed by atoms with Crippen molar-refractivity contribution < 1.29 is 19.0 Å². The third-order valence-electron chi connectivity index (χ3n) is 7.13. The van der Waals surface area contributed by atoms with Gasteiger partial charge in [-0.15, -0.1) is 0 Å². The molecule has 1 saturated heterocycles. The normalized spacial score (nSPS) is 15.5. The Morgan fingerprint density at radius 2 is 1.73 bits per heavy atom. The maximum atomic E-state index is 16.0. The van der Waals surface area contributed by atoms with Gasteiger partial charge in [-0.1, -0.05) is 75.4 Å². The van der Waals surface area contributed by atoms with E-state index in [1.807, 2.05) is 65.6 Å². The summed E-state index contributed by atoms with van der Waals surface area (Å²) in [6.07, 6.45) is 1.82. The molecule has 1 fully saturated rings. The van der Waals surface area contributed by atoms with E-state index in [4.69, 9.17) is 4.74 Å². The predicted octanol–water partition coefficient (Wildman–Crippen LogP) is 7.19. The van der Waals surface area contributed by atoms with Crippen LogP contribution < -0.4 is 15.4 Å². The third-order valence-corrected chi connectivity index (χ3v) is 7.13. The van der Waals surface area contributed by atoms with E-state index in [1.54, 1.807) is 24.4 Å². The molecule has 3 N–H and O–H groups in total. The molecule has 1 aromatic heterocycles. The second-order valence-corrected chi connectivity index (χ2v) is 11.3. The highest BCUT2D eigenvalue weighted by atomic mass is 19.1. The molecule has 3 aromatic carbocycles. The highest BCUT2D eigenvalue weighted by Gasteiger charge is 2.25. The summed E-state index contributed by atoms with van der Waals surface area (Å²) in [5.41, 5.74) is 3.33. The Bertz CT molecular complexity index is 1520. The zero-order valence-corrected chi connectivity index (χ0v) is 23.5. The van der Waals surface area contributed by atoms with Gasteiger partial charge in [0.25, 0.3) is 0 Å². The lowest BCUT2D eigenvalue weighted by molar-refractivity contribution is 0.174. The molecule has 7 nitrogen and oxygen atoms in total. The van der Waals surface area contributed by atoms with E-state index in [9.17, 15) is 9.90 Å². The van der Waals surface area contributed by atoms with Crippen molar-refractivity contribution in [3.63, 3.8) is 0 Å². The lowest BCUT2D eigenvalue weighted by atomic mass is 9.86. The third kappa shape index (κ3) is 6.73. The molecule has 4 aromatic rings. The van der Waals surface area contributed by atoms with Crippen LogP contribution in [0.5, 0.6) is 11.6 Å². The Morgan fingerprint density at radius 3 is 2.46 bits per heavy atom. The van der Waals surface area contributed by atoms with Crippen LogP contribution in [0.25, 0.3) is 11.1 Å². The van der Waals surface area contributed by atoms with Crippen molar-refractivity contribution in [3.8, 4) is 22.8 Å². The molecule has 1 atom stereocenters. The average molecular weight is 555 g/mol. The number of ether oxygens (including phenoxy) is 1. The van der Waals surface area contributed by atoms with Crippen molar-refractivity contribution in [2.75, 3.05) is 23.7 Å². The first-order chi connectivity index (χ1) is 19.7. The number of urea groups is 1. The van der Waals surface area contributed by atoms with Gasteiger partial charge in [0.2, 0.25) is 5.88 Å². The fourth-order valence-corrected chi connectivity index (χ4v) is 5.06. The summed E-state index contributed by atoms with van der Waals surface area (Å²) in [7, 11) is 0. The lowest BCUT2D eigenvalue weighted by Gasteiger charge is -2.23. The molecular weight excluding hydrogens is 519 g/mol. The van der Waals surface area contributed by atoms with E-state index in [-0.39, 0.29) is 17.0 Å². The number of carbonyl (C=O) groups is 1. The minimum atomic E-state index is -0.624. The van der Waals surface area contributed by atoms with Gasteiger partial charge in [0.15, 0.2) is 5.82 Å². The summed E-state index contributed by atoms with van der Waals surface area (Å²) in [5, 5.41) is 15.4. The molecule has 1 aliphatic heterocycles. The average Bonchev–Trinajstić information content (AvgIpc) is 3.36. The highest BCUT2D eigenvalue weighted by molar-refractivity contribution is 6.00. The van der Waals surface area contributed by atoms with Gasteiger partial charge in [-0.2, -0.15) is 0 Å². The van der Waals surface area contributed by atoms with Crippen molar-refractivity contribution in [3.05, 3.63) is 102 Å². The van der Waals surface area contributed by atoms with Crippen molar-refractivity contribution in [1.29, 1.82) is 0 Å². The molecular formula is C33H35FN4O3. The topological polar surface area (TPSA) is 86.7 Å². The number of aliphatic hydroxyl groups excluding tert-OH is 1. The van der Waals surface area contributed by atoms with Crippen LogP contribution in [0.1, 0.15) is 38.3 Å². The zero-order valence-electron chi connectivity index (χ0n) is 23.5. The smallest absolute Gasteiger partial charge is 0.323 e. The van der Waals surface area contributed by atoms with E-state index < -0.39 is 18.0 Å². The molecule has 0 spiro atoms. The number of carbonyl (C=O) groups excluding carboxylic acids is 1. The first-order valence-electron chi connectivity index (χ1n) is 13.8. The Labute approximate surface area is 240 Å². The number of benzene rings is 3. The number of para-hydroxylation sites is 1. The number of β-amino-alcohol motifs (C(OH)–C–C–N with tert-alkyl or cyclic N) is 1. The van der Waals surface area contributed by atoms with E-state index in [0.29, 0.717) is 43.1 Å². The first-order valence-corrected chi connectivity index (χ1v) is 13.8. The number of nitrogens with one attached hydrogen (secondary N) is 2. The van der Waals surface area contributed by atoms with Crippen LogP contribution in [0.3, 0.4) is 0 Å². The second kappa shape index (κ2) is 12.1. The molecule has 5 rings (SSSR count). The Morgan fingerprint density at radius 1 is 1.00 bits per heavy atom. The minimum Gasteiger partial charge on any atom is -0.437 e. The number of nitrogens with zero attached hydrogens (tertiary/aromatic N) is 2. The highest BCUT2D eigenvalue weighted by Crippen LogP contribution is 2.36. The fourth-order valence-electron chi connectivity index (χ4n) is 5.06. The van der Waals surface area contributed by atoms with Crippen molar-refractivity contribution >= 4 is 17.4 Å². The van der Waals surface area contributed by atoms with E-state index in [0.717, 1.165) is 16.7 Å². The van der Waals surface area contributed by atoms with Gasteiger partial charge in [-0.25, -0.2) is 14.2 Å². The molecule has 0 radical (unpaired) electrons. The van der Waals surface area contributed by atoms with Crippen molar-refractivity contribution in [2.45, 2.75) is 45.3 Å². The molecule has 0 saturated carbocycles. The Kier molecular flexibility index (Phi) is 8.33. The van der Waals surface area contributed by atoms with Crippen LogP contribution in [0, 0.1) is 5.82 Å². The fraction of sp³-hybridized carbons (Fsp3) is 0.273. The standard InChI is InChI=1S/C33H35FN4O3/c1-33(2,3)26-12-7-8-14-29(26)41-31-28(13-9-18-35-31)37-32(40)36-27-16-15-24(22-10-5-4-6-11-22)25(30(27)34)21-38-19-17-23(39)20-38/h4-16,18,23,39H,17,19-21H2,1-3H3,(H2,36,37,40)/t23-/m0/s1. The van der Waals surface area contributed by atoms with Gasteiger partial charge in [0, 0.05) is 37.0 Å². The number of hydrogen-bond donors (Lipinski definition) is 3. The molecule has 1 aliphatic rings. The van der Waals surface area contributed by atoms with Gasteiger partial charge >= 0.3 is 6.03 Å². The largest absolute Gasteiger partial charge is 0.437 e. The van der Waals surface area contributed by atoms with Crippen LogP contribution in [-0.2, 0) is 12.0 Å². The van der Waals surface area contributed by atoms with E-state index in [2.05, 4.69) is 36.4 Å². The summed E-state index contributed by atoms with van der Waals surface area (Å²) >= 11 is 0. The van der Waals surface area contributed by atoms with Gasteiger partial charge < -0.3 is 20.5 Å². The Balaban J connectivity index is 1.38. The molecule has 2 heterocycles. The van der Waals surface area contributed by atoms with E-state index >= 15 is 4.39 Å². The van der Waals surface area contributed by atoms with Gasteiger partial charge in [0.1, 0.15) is 11.4 Å². The monoisotopic (exact) mass is 554 g/mol. The van der Waals surface area contributed by atoms with Gasteiger partial charge in [-0.3, -0.25) is 4.90 Å². The molecule has 0 unspecified atom stereocenters. The van der Waals surface area contributed by atoms with Gasteiger partial charge in [0.05, 0.1) is 11.8 Å². The summed E-state index contributed by atoms with van der Waals surface area (Å²) < 4.78 is 22.2. The molecule has 0 aliphatic carbocycles. The van der Waals surface area contributed by atoms with Crippen molar-refractivity contribution in [2.24, 2.45) is 0 Å². The molecule has 2 amide bonds. The summed E-state index contributed by atoms with van der Waals surface area (Å²) in [4.78, 5) is 19.5. The zero-order chi connectivity index (χ0) is 29.0. The van der Waals surface area contributed by atoms with Crippen LogP contribution in [0.4, 0.5) is 20.6 Å². The number of likely N-dealkylation sites (tertiary alicyclic amines) is 1. The molecule has 41 heavy (non-hydrogen) atoms. The van der Waals surface area contributed by atoms with Crippen LogP contribution in [-0.4, -0.2) is 40.2 Å². The number of aliphatic hydroxyl groups is 1. The van der Waals surface area contributed by atoms with E-state index in [1.165, 1.54) is 0 Å². The predicted molar refractivity (Wildman–Crippen MR) is 160 cm³/mol. The first kappa shape index (κ1) is 28.3. The number of anilines is 2. The number of amides is 2. The van der Waals surface area contributed by atoms with Crippen LogP contribution >= 0.6 is 0 Å². The minimum absolute atomic E-state index is 0.0568. The summed E-state index contributed by atoms with van der Waals surface area (Å²) in [6.45, 7) is 7.76. The van der Waals surface area contributed by atoms with Crippen LogP contribution in [0.2, 0.25) is 0 Å². The maximum Gasteiger partial charge on any atom is 0.323 e. The SMILES string of the molecule is CC(C)(C)c1ccccc1Oc1ncccc1NC(=O)Nc1ccc(-c2ccccc2)c(CN2CC[C@H](O)C2)c1F. The number of rotatable bonds is 7. The summed E-state index contributed by atoms with van der Waals surface area (Å²) in [5.74, 6) is 0.360. The molecule has 8 heteroatoms. The second-order valence-electron chi connectivity index (χ2n) is 11.3. The van der Waals surface area contributed by atoms with Crippen molar-refractivity contribution in [1.82, 2.24) is 9.88 Å². The van der Waals surface area contributed by atoms with Gasteiger partial charge in [-0.05, 0) is 47.2 Å². The lowest BCUT2D eigenvalue weighted by Crippen LogP contribution is -2.24.